The van der Waals surface area contributed by atoms with Gasteiger partial charge in [-0.2, -0.15) is 0 Å². The smallest absolute Gasteiger partial charge is 0.262 e. The summed E-state index contributed by atoms with van der Waals surface area (Å²) in [6.07, 6.45) is 0. The molecular weight excluding hydrogens is 274 g/mol. The number of ether oxygens (including phenoxy) is 1. The zero-order valence-corrected chi connectivity index (χ0v) is 12.2. The molecule has 0 aliphatic rings. The number of nitrogens with one attached hydrogen (secondary N) is 1. The summed E-state index contributed by atoms with van der Waals surface area (Å²) in [5.74, 6) is 0.513. The van der Waals surface area contributed by atoms with Gasteiger partial charge < -0.3 is 10.1 Å². The molecule has 0 unspecified atom stereocenters. The van der Waals surface area contributed by atoms with E-state index in [2.05, 4.69) is 5.32 Å². The molecule has 0 saturated heterocycles. The van der Waals surface area contributed by atoms with Crippen LogP contribution in [0.5, 0.6) is 5.75 Å². The standard InChI is InChI=1S/C16H16ClNO2/c1-11-6-7-12(2)15(8-11)20-10-16(19)18-14-5-3-4-13(17)9-14/h3-9H,10H2,1-2H3,(H,18,19). The van der Waals surface area contributed by atoms with E-state index in [4.69, 9.17) is 16.3 Å². The number of halogens is 1. The van der Waals surface area contributed by atoms with Gasteiger partial charge in [0.25, 0.3) is 5.91 Å². The highest BCUT2D eigenvalue weighted by atomic mass is 35.5. The zero-order chi connectivity index (χ0) is 14.5. The first-order chi connectivity index (χ1) is 9.54. The third-order valence-electron chi connectivity index (χ3n) is 2.81. The van der Waals surface area contributed by atoms with Crippen LogP contribution in [0, 0.1) is 13.8 Å². The number of aryl methyl sites for hydroxylation is 2. The Hall–Kier alpha value is -2.00. The molecule has 0 saturated carbocycles. The van der Waals surface area contributed by atoms with Crippen molar-refractivity contribution in [3.05, 3.63) is 58.6 Å². The Balaban J connectivity index is 1.94. The molecule has 2 aromatic rings. The average Bonchev–Trinajstić information content (AvgIpc) is 2.40. The van der Waals surface area contributed by atoms with Crippen molar-refractivity contribution in [3.63, 3.8) is 0 Å². The summed E-state index contributed by atoms with van der Waals surface area (Å²) in [5, 5.41) is 3.32. The van der Waals surface area contributed by atoms with Crippen LogP contribution >= 0.6 is 11.6 Å². The number of hydrogen-bond donors (Lipinski definition) is 1. The van der Waals surface area contributed by atoms with Crippen LogP contribution in [0.25, 0.3) is 0 Å². The molecule has 0 atom stereocenters. The van der Waals surface area contributed by atoms with Gasteiger partial charge in [0.15, 0.2) is 6.61 Å². The molecule has 0 aliphatic heterocycles. The summed E-state index contributed by atoms with van der Waals surface area (Å²) in [5.41, 5.74) is 2.76. The highest BCUT2D eigenvalue weighted by molar-refractivity contribution is 6.30. The van der Waals surface area contributed by atoms with Crippen LogP contribution in [0.4, 0.5) is 5.69 Å². The topological polar surface area (TPSA) is 38.3 Å². The van der Waals surface area contributed by atoms with Gasteiger partial charge in [0.1, 0.15) is 5.75 Å². The van der Waals surface area contributed by atoms with E-state index < -0.39 is 0 Å². The van der Waals surface area contributed by atoms with E-state index >= 15 is 0 Å². The number of benzene rings is 2. The van der Waals surface area contributed by atoms with Crippen LogP contribution in [0.2, 0.25) is 5.02 Å². The number of amides is 1. The van der Waals surface area contributed by atoms with Crippen molar-refractivity contribution in [2.45, 2.75) is 13.8 Å². The maximum absolute atomic E-state index is 11.8. The van der Waals surface area contributed by atoms with Crippen LogP contribution in [0.3, 0.4) is 0 Å². The fourth-order valence-electron chi connectivity index (χ4n) is 1.77. The Kier molecular flexibility index (Phi) is 4.64. The van der Waals surface area contributed by atoms with E-state index in [0.29, 0.717) is 10.7 Å². The van der Waals surface area contributed by atoms with Gasteiger partial charge in [-0.25, -0.2) is 0 Å². The SMILES string of the molecule is Cc1ccc(C)c(OCC(=O)Nc2cccc(Cl)c2)c1. The van der Waals surface area contributed by atoms with Gasteiger partial charge in [-0.15, -0.1) is 0 Å². The Bertz CT molecular complexity index is 626. The molecule has 0 aromatic heterocycles. The van der Waals surface area contributed by atoms with Gasteiger partial charge in [0, 0.05) is 10.7 Å². The Morgan fingerprint density at radius 1 is 1.20 bits per heavy atom. The summed E-state index contributed by atoms with van der Waals surface area (Å²) in [6.45, 7) is 3.90. The van der Waals surface area contributed by atoms with E-state index in [1.807, 2.05) is 32.0 Å². The lowest BCUT2D eigenvalue weighted by Gasteiger charge is -2.10. The quantitative estimate of drug-likeness (QED) is 0.925. The molecule has 2 rings (SSSR count). The largest absolute Gasteiger partial charge is 0.483 e. The lowest BCUT2D eigenvalue weighted by Crippen LogP contribution is -2.20. The molecule has 1 N–H and O–H groups in total. The molecule has 0 aliphatic carbocycles. The number of hydrogen-bond acceptors (Lipinski definition) is 2. The van der Waals surface area contributed by atoms with Crippen molar-refractivity contribution in [2.24, 2.45) is 0 Å². The van der Waals surface area contributed by atoms with E-state index in [0.717, 1.165) is 16.9 Å². The maximum Gasteiger partial charge on any atom is 0.262 e. The predicted molar refractivity (Wildman–Crippen MR) is 81.5 cm³/mol. The second kappa shape index (κ2) is 6.44. The Morgan fingerprint density at radius 2 is 2.00 bits per heavy atom. The van der Waals surface area contributed by atoms with Gasteiger partial charge in [0.2, 0.25) is 0 Å². The number of anilines is 1. The first-order valence-electron chi connectivity index (χ1n) is 6.30. The molecule has 104 valence electrons. The third-order valence-corrected chi connectivity index (χ3v) is 3.05. The average molecular weight is 290 g/mol. The molecule has 20 heavy (non-hydrogen) atoms. The second-order valence-electron chi connectivity index (χ2n) is 4.62. The summed E-state index contributed by atoms with van der Waals surface area (Å²) in [4.78, 5) is 11.8. The van der Waals surface area contributed by atoms with Crippen molar-refractivity contribution in [2.75, 3.05) is 11.9 Å². The number of carbonyl (C=O) groups excluding carboxylic acids is 1. The van der Waals surface area contributed by atoms with Crippen LogP contribution in [-0.4, -0.2) is 12.5 Å². The molecule has 4 heteroatoms. The van der Waals surface area contributed by atoms with Gasteiger partial charge in [-0.1, -0.05) is 29.8 Å². The van der Waals surface area contributed by atoms with Crippen LogP contribution < -0.4 is 10.1 Å². The van der Waals surface area contributed by atoms with Crippen LogP contribution in [-0.2, 0) is 4.79 Å². The first kappa shape index (κ1) is 14.4. The van der Waals surface area contributed by atoms with E-state index in [1.165, 1.54) is 0 Å². The predicted octanol–water partition coefficient (Wildman–Crippen LogP) is 3.97. The van der Waals surface area contributed by atoms with Crippen molar-refractivity contribution < 1.29 is 9.53 Å². The molecule has 0 radical (unpaired) electrons. The minimum absolute atomic E-state index is 0.0309. The van der Waals surface area contributed by atoms with Crippen LogP contribution in [0.15, 0.2) is 42.5 Å². The minimum atomic E-state index is -0.215. The van der Waals surface area contributed by atoms with Crippen molar-refractivity contribution in [1.29, 1.82) is 0 Å². The molecule has 0 fully saturated rings. The maximum atomic E-state index is 11.8. The lowest BCUT2D eigenvalue weighted by molar-refractivity contribution is -0.118. The molecule has 0 bridgehead atoms. The summed E-state index contributed by atoms with van der Waals surface area (Å²) in [7, 11) is 0. The normalized spacial score (nSPS) is 10.2. The second-order valence-corrected chi connectivity index (χ2v) is 5.05. The summed E-state index contributed by atoms with van der Waals surface area (Å²) in [6, 6.07) is 12.9. The molecule has 0 spiro atoms. The fourth-order valence-corrected chi connectivity index (χ4v) is 1.96. The summed E-state index contributed by atoms with van der Waals surface area (Å²) >= 11 is 5.86. The fraction of sp³-hybridized carbons (Fsp3) is 0.188. The van der Waals surface area contributed by atoms with E-state index in [9.17, 15) is 4.79 Å². The minimum Gasteiger partial charge on any atom is -0.483 e. The molecular formula is C16H16ClNO2. The number of carbonyl (C=O) groups is 1. The lowest BCUT2D eigenvalue weighted by atomic mass is 10.1. The van der Waals surface area contributed by atoms with Crippen LogP contribution in [0.1, 0.15) is 11.1 Å². The first-order valence-corrected chi connectivity index (χ1v) is 6.68. The number of rotatable bonds is 4. The van der Waals surface area contributed by atoms with Gasteiger partial charge >= 0.3 is 0 Å². The molecule has 2 aromatic carbocycles. The van der Waals surface area contributed by atoms with E-state index in [-0.39, 0.29) is 12.5 Å². The van der Waals surface area contributed by atoms with Crippen molar-refractivity contribution >= 4 is 23.2 Å². The van der Waals surface area contributed by atoms with E-state index in [1.54, 1.807) is 24.3 Å². The highest BCUT2D eigenvalue weighted by Gasteiger charge is 2.06. The van der Waals surface area contributed by atoms with Gasteiger partial charge in [0.05, 0.1) is 0 Å². The van der Waals surface area contributed by atoms with Gasteiger partial charge in [-0.05, 0) is 49.2 Å². The molecule has 3 nitrogen and oxygen atoms in total. The van der Waals surface area contributed by atoms with Crippen molar-refractivity contribution in [3.8, 4) is 5.75 Å². The molecule has 0 heterocycles. The van der Waals surface area contributed by atoms with Gasteiger partial charge in [-0.3, -0.25) is 4.79 Å². The Morgan fingerprint density at radius 3 is 2.75 bits per heavy atom. The van der Waals surface area contributed by atoms with Crippen molar-refractivity contribution in [1.82, 2.24) is 0 Å². The Labute approximate surface area is 123 Å². The monoisotopic (exact) mass is 289 g/mol. The highest BCUT2D eigenvalue weighted by Crippen LogP contribution is 2.19. The third kappa shape index (κ3) is 4.00. The zero-order valence-electron chi connectivity index (χ0n) is 11.4. The summed E-state index contributed by atoms with van der Waals surface area (Å²) < 4.78 is 5.54. The molecule has 1 amide bonds.